The number of aliphatic imine (C=N–C) groups is 1. The van der Waals surface area contributed by atoms with Gasteiger partial charge in [0.15, 0.2) is 11.7 Å². The lowest BCUT2D eigenvalue weighted by molar-refractivity contribution is -0.141. The van der Waals surface area contributed by atoms with Crippen LogP contribution in [0.5, 0.6) is 5.75 Å². The quantitative estimate of drug-likeness (QED) is 0.188. The number of thiazole rings is 1. The number of nitrogens with zero attached hydrogens (tertiary/aromatic N) is 5. The van der Waals surface area contributed by atoms with Gasteiger partial charge in [0.25, 0.3) is 0 Å². The van der Waals surface area contributed by atoms with E-state index in [0.29, 0.717) is 43.6 Å². The van der Waals surface area contributed by atoms with Gasteiger partial charge in [-0.3, -0.25) is 20.3 Å². The van der Waals surface area contributed by atoms with Crippen LogP contribution in [0.3, 0.4) is 0 Å². The lowest BCUT2D eigenvalue weighted by atomic mass is 9.98. The molecule has 1 atom stereocenters. The van der Waals surface area contributed by atoms with Gasteiger partial charge in [-0.05, 0) is 51.3 Å². The lowest BCUT2D eigenvalue weighted by Crippen LogP contribution is -2.42. The topological polar surface area (TPSA) is 140 Å². The summed E-state index contributed by atoms with van der Waals surface area (Å²) in [6, 6.07) is 6.46. The van der Waals surface area contributed by atoms with Crippen LogP contribution in [0.2, 0.25) is 0 Å². The maximum absolute atomic E-state index is 12.9. The molecule has 4 heterocycles. The Morgan fingerprint density at radius 3 is 2.64 bits per heavy atom. The summed E-state index contributed by atoms with van der Waals surface area (Å²) in [6.45, 7) is 7.55. The molecule has 1 saturated heterocycles. The molecule has 0 aliphatic carbocycles. The molecule has 3 aromatic rings. The van der Waals surface area contributed by atoms with Crippen LogP contribution in [0, 0.1) is 6.92 Å². The van der Waals surface area contributed by atoms with E-state index in [2.05, 4.69) is 20.7 Å². The summed E-state index contributed by atoms with van der Waals surface area (Å²) in [7, 11) is -3.72. The van der Waals surface area contributed by atoms with Crippen molar-refractivity contribution in [1.82, 2.24) is 30.3 Å². The SMILES string of the molecule is Cc1cc(C(F)(F)F)nn1CCN=C(N)N1CCC(c2nc(C3NCc4cccc(OS(=O)(=O)C(C)C)c4CN3)cs2)CC1. The Hall–Kier alpha value is -3.21. The van der Waals surface area contributed by atoms with Crippen molar-refractivity contribution >= 4 is 27.4 Å². The first kappa shape index (κ1) is 32.2. The molecule has 11 nitrogen and oxygen atoms in total. The van der Waals surface area contributed by atoms with Gasteiger partial charge in [0.05, 0.1) is 29.0 Å². The van der Waals surface area contributed by atoms with Crippen molar-refractivity contribution < 1.29 is 25.8 Å². The highest BCUT2D eigenvalue weighted by Gasteiger charge is 2.34. The highest BCUT2D eigenvalue weighted by molar-refractivity contribution is 7.87. The first-order valence-corrected chi connectivity index (χ1v) is 16.8. The van der Waals surface area contributed by atoms with Crippen LogP contribution < -0.4 is 20.6 Å². The molecule has 1 aromatic carbocycles. The molecule has 2 aliphatic rings. The number of likely N-dealkylation sites (tertiary alicyclic amines) is 1. The van der Waals surface area contributed by atoms with Crippen molar-refractivity contribution in [1.29, 1.82) is 0 Å². The normalized spacial score (nSPS) is 18.8. The summed E-state index contributed by atoms with van der Waals surface area (Å²) < 4.78 is 70.3. The smallest absolute Gasteiger partial charge is 0.382 e. The Balaban J connectivity index is 1.14. The fraction of sp³-hybridized carbons (Fsp3) is 0.536. The highest BCUT2D eigenvalue weighted by Crippen LogP contribution is 2.33. The van der Waals surface area contributed by atoms with E-state index in [4.69, 9.17) is 14.9 Å². The Morgan fingerprint density at radius 2 is 1.95 bits per heavy atom. The third-order valence-electron chi connectivity index (χ3n) is 7.85. The standard InChI is InChI=1S/C28H37F3N8O3S2/c1-17(2)44(40,41)42-23-6-4-5-20-14-34-25(35-15-21(20)23)22-16-43-26(36-22)19-7-10-38(11-8-19)27(32)33-9-12-39-18(3)13-24(37-39)28(29,30)31/h4-6,13,16-17,19,25,34-35H,7-12,14-15H2,1-3H3,(H2,32,33). The van der Waals surface area contributed by atoms with E-state index in [1.807, 2.05) is 16.3 Å². The van der Waals surface area contributed by atoms with Crippen LogP contribution in [0.1, 0.15) is 72.0 Å². The number of hydrogen-bond acceptors (Lipinski definition) is 9. The third kappa shape index (κ3) is 7.35. The molecule has 1 unspecified atom stereocenters. The van der Waals surface area contributed by atoms with Gasteiger partial charge < -0.3 is 14.8 Å². The number of nitrogens with one attached hydrogen (secondary N) is 2. The molecule has 0 spiro atoms. The number of guanidine groups is 1. The van der Waals surface area contributed by atoms with Crippen molar-refractivity contribution in [3.63, 3.8) is 0 Å². The van der Waals surface area contributed by atoms with Gasteiger partial charge in [-0.1, -0.05) is 12.1 Å². The number of alkyl halides is 3. The van der Waals surface area contributed by atoms with Crippen LogP contribution in [-0.4, -0.2) is 58.9 Å². The third-order valence-corrected chi connectivity index (χ3v) is 10.4. The second kappa shape index (κ2) is 13.0. The minimum Gasteiger partial charge on any atom is -0.382 e. The van der Waals surface area contributed by atoms with Crippen molar-refractivity contribution in [3.8, 4) is 5.75 Å². The van der Waals surface area contributed by atoms with Crippen LogP contribution in [-0.2, 0) is 35.9 Å². The molecule has 0 bridgehead atoms. The number of aromatic nitrogens is 3. The summed E-state index contributed by atoms with van der Waals surface area (Å²) in [4.78, 5) is 11.3. The van der Waals surface area contributed by atoms with Crippen molar-refractivity contribution in [2.24, 2.45) is 10.7 Å². The van der Waals surface area contributed by atoms with Crippen LogP contribution >= 0.6 is 11.3 Å². The second-order valence-electron chi connectivity index (χ2n) is 11.2. The molecule has 44 heavy (non-hydrogen) atoms. The summed E-state index contributed by atoms with van der Waals surface area (Å²) in [5.41, 5.74) is 8.37. The number of fused-ring (bicyclic) bond motifs is 1. The monoisotopic (exact) mass is 654 g/mol. The average molecular weight is 655 g/mol. The Labute approximate surface area is 258 Å². The fourth-order valence-electron chi connectivity index (χ4n) is 5.18. The van der Waals surface area contributed by atoms with Crippen LogP contribution in [0.15, 0.2) is 34.6 Å². The van der Waals surface area contributed by atoms with Gasteiger partial charge in [0.1, 0.15) is 11.9 Å². The molecular formula is C28H37F3N8O3S2. The van der Waals surface area contributed by atoms with Gasteiger partial charge >= 0.3 is 16.3 Å². The molecule has 240 valence electrons. The maximum atomic E-state index is 12.9. The number of rotatable bonds is 8. The number of piperidine rings is 1. The molecule has 2 aromatic heterocycles. The van der Waals surface area contributed by atoms with Gasteiger partial charge in [-0.25, -0.2) is 4.98 Å². The lowest BCUT2D eigenvalue weighted by Gasteiger charge is -2.31. The number of benzene rings is 1. The second-order valence-corrected chi connectivity index (χ2v) is 14.2. The molecule has 0 saturated carbocycles. The first-order valence-electron chi connectivity index (χ1n) is 14.4. The van der Waals surface area contributed by atoms with Crippen molar-refractivity contribution in [2.75, 3.05) is 19.6 Å². The zero-order chi connectivity index (χ0) is 31.6. The molecule has 2 aliphatic heterocycles. The Bertz CT molecular complexity index is 1600. The van der Waals surface area contributed by atoms with Gasteiger partial charge in [0, 0.05) is 48.7 Å². The summed E-state index contributed by atoms with van der Waals surface area (Å²) in [5.74, 6) is 0.987. The summed E-state index contributed by atoms with van der Waals surface area (Å²) in [6.07, 6.45) is -3.00. The van der Waals surface area contributed by atoms with E-state index in [1.165, 1.54) is 4.68 Å². The van der Waals surface area contributed by atoms with Gasteiger partial charge in [-0.2, -0.15) is 26.7 Å². The molecule has 1 fully saturated rings. The maximum Gasteiger partial charge on any atom is 0.435 e. The molecule has 0 amide bonds. The molecule has 16 heteroatoms. The summed E-state index contributed by atoms with van der Waals surface area (Å²) in [5, 5.41) is 13.0. The van der Waals surface area contributed by atoms with E-state index < -0.39 is 27.2 Å². The largest absolute Gasteiger partial charge is 0.435 e. The predicted octanol–water partition coefficient (Wildman–Crippen LogP) is 3.87. The Kier molecular flexibility index (Phi) is 9.53. The highest BCUT2D eigenvalue weighted by atomic mass is 32.2. The predicted molar refractivity (Wildman–Crippen MR) is 162 cm³/mol. The molecule has 4 N–H and O–H groups in total. The zero-order valence-corrected chi connectivity index (χ0v) is 26.4. The number of nitrogens with two attached hydrogens (primary N) is 1. The van der Waals surface area contributed by atoms with E-state index in [9.17, 15) is 21.6 Å². The van der Waals surface area contributed by atoms with Crippen LogP contribution in [0.4, 0.5) is 13.2 Å². The average Bonchev–Trinajstić information content (AvgIpc) is 3.54. The first-order chi connectivity index (χ1) is 20.8. The zero-order valence-electron chi connectivity index (χ0n) is 24.8. The minimum absolute atomic E-state index is 0.209. The van der Waals surface area contributed by atoms with E-state index in [-0.39, 0.29) is 25.2 Å². The Morgan fingerprint density at radius 1 is 1.23 bits per heavy atom. The fourth-order valence-corrected chi connectivity index (χ4v) is 6.80. The van der Waals surface area contributed by atoms with E-state index >= 15 is 0 Å². The van der Waals surface area contributed by atoms with Gasteiger partial charge in [-0.15, -0.1) is 11.3 Å². The molecular weight excluding hydrogens is 617 g/mol. The van der Waals surface area contributed by atoms with E-state index in [1.54, 1.807) is 44.2 Å². The van der Waals surface area contributed by atoms with Crippen molar-refractivity contribution in [3.05, 3.63) is 62.9 Å². The summed E-state index contributed by atoms with van der Waals surface area (Å²) >= 11 is 1.62. The van der Waals surface area contributed by atoms with Crippen molar-refractivity contribution in [2.45, 2.75) is 76.8 Å². The number of halogens is 3. The molecule has 5 rings (SSSR count). The minimum atomic E-state index is -4.48. The molecule has 0 radical (unpaired) electrons. The van der Waals surface area contributed by atoms with E-state index in [0.717, 1.165) is 40.7 Å². The number of hydrogen-bond donors (Lipinski definition) is 3. The van der Waals surface area contributed by atoms with Gasteiger partial charge in [0.2, 0.25) is 0 Å². The number of aryl methyl sites for hydroxylation is 1. The van der Waals surface area contributed by atoms with Crippen LogP contribution in [0.25, 0.3) is 0 Å².